The van der Waals surface area contributed by atoms with Crippen LogP contribution in [0.25, 0.3) is 54.7 Å². The van der Waals surface area contributed by atoms with E-state index in [1.807, 2.05) is 24.3 Å². The number of phenols is 4. The summed E-state index contributed by atoms with van der Waals surface area (Å²) in [5.41, 5.74) is 7.78. The lowest BCUT2D eigenvalue weighted by atomic mass is 9.85. The topological polar surface area (TPSA) is 131 Å². The van der Waals surface area contributed by atoms with Crippen LogP contribution in [-0.2, 0) is 12.8 Å². The van der Waals surface area contributed by atoms with E-state index in [0.29, 0.717) is 22.4 Å². The Balaban J connectivity index is 1.38. The van der Waals surface area contributed by atoms with Crippen molar-refractivity contribution in [3.8, 4) is 45.3 Å². The normalized spacial score (nSPS) is 11.5. The number of ketones is 2. The van der Waals surface area contributed by atoms with Gasteiger partial charge in [0, 0.05) is 40.6 Å². The van der Waals surface area contributed by atoms with Crippen LogP contribution in [0.3, 0.4) is 0 Å². The first-order valence-electron chi connectivity index (χ1n) is 18.2. The van der Waals surface area contributed by atoms with Crippen molar-refractivity contribution in [1.29, 1.82) is 0 Å². The summed E-state index contributed by atoms with van der Waals surface area (Å²) in [7, 11) is 0. The largest absolute Gasteiger partial charge is 0.507 e. The number of carbonyl (C=O) groups excluding carboxylic acids is 2. The number of Topliss-reactive ketones (excluding diaryl/α,β-unsaturated/α-hetero) is 2. The van der Waals surface area contributed by atoms with Crippen molar-refractivity contribution in [3.05, 3.63) is 154 Å². The summed E-state index contributed by atoms with van der Waals surface area (Å²) in [5.74, 6) is -1.55. The highest BCUT2D eigenvalue weighted by Gasteiger charge is 2.25. The number of aromatic amines is 1. The number of hydrogen-bond acceptors (Lipinski definition) is 6. The number of H-pyrrole nitrogens is 1. The monoisotopic (exact) mass is 725 g/mol. The van der Waals surface area contributed by atoms with Crippen molar-refractivity contribution in [2.75, 3.05) is 0 Å². The molecule has 0 amide bonds. The highest BCUT2D eigenvalue weighted by molar-refractivity contribution is 6.21. The maximum atomic E-state index is 12.5. The molecule has 1 heterocycles. The fraction of sp³-hybridized carbons (Fsp3) is 0.125. The maximum absolute atomic E-state index is 12.5. The summed E-state index contributed by atoms with van der Waals surface area (Å²) >= 11 is 0. The second-order valence-corrected chi connectivity index (χ2v) is 14.3. The Morgan fingerprint density at radius 2 is 0.945 bits per heavy atom. The lowest BCUT2D eigenvalue weighted by Crippen LogP contribution is -2.03. The van der Waals surface area contributed by atoms with E-state index in [-0.39, 0.29) is 69.7 Å². The Morgan fingerprint density at radius 1 is 0.491 bits per heavy atom. The second kappa shape index (κ2) is 13.5. The van der Waals surface area contributed by atoms with Gasteiger partial charge in [0.25, 0.3) is 0 Å². The zero-order chi connectivity index (χ0) is 38.7. The molecule has 0 spiro atoms. The molecule has 0 bridgehead atoms. The van der Waals surface area contributed by atoms with Gasteiger partial charge in [0.05, 0.1) is 11.1 Å². The van der Waals surface area contributed by atoms with Crippen molar-refractivity contribution in [3.63, 3.8) is 0 Å². The van der Waals surface area contributed by atoms with E-state index >= 15 is 0 Å². The van der Waals surface area contributed by atoms with Crippen LogP contribution in [0.15, 0.2) is 109 Å². The summed E-state index contributed by atoms with van der Waals surface area (Å²) in [4.78, 5) is 28.6. The molecule has 0 saturated heterocycles. The molecule has 7 nitrogen and oxygen atoms in total. The number of rotatable bonds is 8. The zero-order valence-corrected chi connectivity index (χ0v) is 30.9. The maximum Gasteiger partial charge on any atom is 0.163 e. The van der Waals surface area contributed by atoms with Crippen LogP contribution in [0.2, 0.25) is 0 Å². The van der Waals surface area contributed by atoms with Gasteiger partial charge in [0.15, 0.2) is 11.6 Å². The molecule has 7 heteroatoms. The lowest BCUT2D eigenvalue weighted by Gasteiger charge is -2.18. The standard InChI is InChI=1S/C48H39NO6/c1-25-20-36(27(3)50)47(54)39(45(25)52)23-38-31-19-18-30(22-41(31)49-42(38)24-40-46(53)26(2)21-37(28(4)51)48(40)55)44-34-16-10-8-14-32(34)43(29-12-6-5-7-13-29)33-15-9-11-17-35(33)44/h5-22,49,52-55H,23-24H2,1-4H3. The predicted molar refractivity (Wildman–Crippen MR) is 219 cm³/mol. The van der Waals surface area contributed by atoms with E-state index < -0.39 is 0 Å². The minimum absolute atomic E-state index is 0.00348. The van der Waals surface area contributed by atoms with Gasteiger partial charge in [0.2, 0.25) is 0 Å². The Morgan fingerprint density at radius 3 is 1.44 bits per heavy atom. The summed E-state index contributed by atoms with van der Waals surface area (Å²) in [6.07, 6.45) is 0.0301. The third-order valence-corrected chi connectivity index (χ3v) is 10.9. The van der Waals surface area contributed by atoms with E-state index in [2.05, 4.69) is 77.8 Å². The van der Waals surface area contributed by atoms with Gasteiger partial charge in [-0.1, -0.05) is 91.0 Å². The van der Waals surface area contributed by atoms with Gasteiger partial charge in [0.1, 0.15) is 23.0 Å². The summed E-state index contributed by atoms with van der Waals surface area (Å²) in [6.45, 7) is 6.08. The Kier molecular flexibility index (Phi) is 8.65. The number of aromatic nitrogens is 1. The molecule has 5 N–H and O–H groups in total. The molecule has 7 aromatic carbocycles. The molecule has 0 fully saturated rings. The Bertz CT molecular complexity index is 2830. The first-order valence-corrected chi connectivity index (χ1v) is 18.2. The molecule has 0 atom stereocenters. The molecule has 0 saturated carbocycles. The van der Waals surface area contributed by atoms with E-state index in [4.69, 9.17) is 0 Å². The number of benzene rings is 7. The molecular formula is C48H39NO6. The van der Waals surface area contributed by atoms with Gasteiger partial charge >= 0.3 is 0 Å². The zero-order valence-electron chi connectivity index (χ0n) is 30.9. The van der Waals surface area contributed by atoms with Crippen molar-refractivity contribution in [2.24, 2.45) is 0 Å². The average Bonchev–Trinajstić information content (AvgIpc) is 3.52. The smallest absolute Gasteiger partial charge is 0.163 e. The fourth-order valence-electron chi connectivity index (χ4n) is 8.13. The van der Waals surface area contributed by atoms with Gasteiger partial charge in [-0.15, -0.1) is 0 Å². The number of aryl methyl sites for hydroxylation is 2. The minimum atomic E-state index is -0.340. The number of nitrogens with one attached hydrogen (secondary N) is 1. The van der Waals surface area contributed by atoms with E-state index in [9.17, 15) is 30.0 Å². The van der Waals surface area contributed by atoms with Crippen LogP contribution >= 0.6 is 0 Å². The Hall–Kier alpha value is -6.86. The summed E-state index contributed by atoms with van der Waals surface area (Å²) in [6, 6.07) is 36.3. The van der Waals surface area contributed by atoms with Crippen molar-refractivity contribution >= 4 is 44.0 Å². The van der Waals surface area contributed by atoms with Crippen molar-refractivity contribution in [1.82, 2.24) is 4.98 Å². The first kappa shape index (κ1) is 35.2. The summed E-state index contributed by atoms with van der Waals surface area (Å²) < 4.78 is 0. The fourth-order valence-corrected chi connectivity index (χ4v) is 8.13. The molecular weight excluding hydrogens is 687 g/mol. The number of aromatic hydroxyl groups is 4. The lowest BCUT2D eigenvalue weighted by molar-refractivity contribution is 0.100. The quantitative estimate of drug-likeness (QED) is 0.0783. The molecule has 8 aromatic rings. The van der Waals surface area contributed by atoms with Crippen LogP contribution < -0.4 is 0 Å². The van der Waals surface area contributed by atoms with E-state index in [0.717, 1.165) is 54.7 Å². The number of hydrogen-bond donors (Lipinski definition) is 5. The van der Waals surface area contributed by atoms with E-state index in [1.165, 1.54) is 26.0 Å². The average molecular weight is 726 g/mol. The molecule has 272 valence electrons. The number of fused-ring (bicyclic) bond motifs is 3. The first-order chi connectivity index (χ1) is 26.4. The van der Waals surface area contributed by atoms with Crippen molar-refractivity contribution in [2.45, 2.75) is 40.5 Å². The van der Waals surface area contributed by atoms with Crippen LogP contribution in [0.1, 0.15) is 68.1 Å². The van der Waals surface area contributed by atoms with Crippen LogP contribution in [0, 0.1) is 13.8 Å². The van der Waals surface area contributed by atoms with Crippen LogP contribution in [0.4, 0.5) is 0 Å². The second-order valence-electron chi connectivity index (χ2n) is 14.3. The number of carbonyl (C=O) groups is 2. The molecule has 0 aliphatic rings. The highest BCUT2D eigenvalue weighted by atomic mass is 16.3. The third-order valence-electron chi connectivity index (χ3n) is 10.9. The third kappa shape index (κ3) is 5.85. The molecule has 1 aromatic heterocycles. The molecule has 0 aliphatic carbocycles. The predicted octanol–water partition coefficient (Wildman–Crippen LogP) is 10.8. The SMILES string of the molecule is CC(=O)c1cc(C)c(O)c(Cc2[nH]c3cc(-c4c5ccccc5c(-c5ccccc5)c5ccccc45)ccc3c2Cc2c(O)c(C)cc(C(C)=O)c2O)c1O. The highest BCUT2D eigenvalue weighted by Crippen LogP contribution is 2.45. The van der Waals surface area contributed by atoms with Crippen LogP contribution in [-0.4, -0.2) is 37.0 Å². The molecule has 0 aliphatic heterocycles. The summed E-state index contributed by atoms with van der Waals surface area (Å²) in [5, 5.41) is 50.3. The number of phenolic OH excluding ortho intramolecular Hbond substituents is 4. The van der Waals surface area contributed by atoms with Gasteiger partial charge < -0.3 is 25.4 Å². The van der Waals surface area contributed by atoms with Crippen molar-refractivity contribution < 1.29 is 30.0 Å². The molecule has 55 heavy (non-hydrogen) atoms. The van der Waals surface area contributed by atoms with Gasteiger partial charge in [-0.3, -0.25) is 9.59 Å². The van der Waals surface area contributed by atoms with Gasteiger partial charge in [-0.2, -0.15) is 0 Å². The minimum Gasteiger partial charge on any atom is -0.507 e. The molecule has 0 radical (unpaired) electrons. The molecule has 8 rings (SSSR count). The Labute approximate surface area is 317 Å². The van der Waals surface area contributed by atoms with Crippen LogP contribution in [0.5, 0.6) is 23.0 Å². The molecule has 0 unspecified atom stereocenters. The van der Waals surface area contributed by atoms with Gasteiger partial charge in [-0.05, 0) is 106 Å². The van der Waals surface area contributed by atoms with E-state index in [1.54, 1.807) is 13.8 Å². The van der Waals surface area contributed by atoms with Gasteiger partial charge in [-0.25, -0.2) is 0 Å².